The minimum absolute atomic E-state index is 0.0739. The number of hydrogen-bond acceptors (Lipinski definition) is 4. The van der Waals surface area contributed by atoms with Crippen molar-refractivity contribution >= 4 is 29.0 Å². The number of nitrogens with zero attached hydrogens (tertiary/aromatic N) is 3. The summed E-state index contributed by atoms with van der Waals surface area (Å²) in [6, 6.07) is 10.2. The Morgan fingerprint density at radius 3 is 2.56 bits per heavy atom. The molecular formula is C12H12Cl2N4. The van der Waals surface area contributed by atoms with Gasteiger partial charge in [-0.05, 0) is 23.6 Å². The molecule has 1 aromatic carbocycles. The molecule has 4 nitrogen and oxygen atoms in total. The van der Waals surface area contributed by atoms with E-state index in [1.807, 2.05) is 30.3 Å². The Kier molecular flexibility index (Phi) is 4.33. The normalized spacial score (nSPS) is 12.2. The van der Waals surface area contributed by atoms with Gasteiger partial charge in [-0.3, -0.25) is 0 Å². The van der Waals surface area contributed by atoms with Crippen molar-refractivity contribution in [3.63, 3.8) is 0 Å². The number of rotatable bonds is 4. The van der Waals surface area contributed by atoms with E-state index in [0.29, 0.717) is 5.82 Å². The van der Waals surface area contributed by atoms with E-state index in [9.17, 15) is 0 Å². The van der Waals surface area contributed by atoms with E-state index >= 15 is 0 Å². The van der Waals surface area contributed by atoms with Gasteiger partial charge < -0.3 is 5.32 Å². The summed E-state index contributed by atoms with van der Waals surface area (Å²) in [6.07, 6.45) is 0.891. The molecule has 0 saturated carbocycles. The van der Waals surface area contributed by atoms with Gasteiger partial charge in [0.2, 0.25) is 5.28 Å². The standard InChI is InChI=1S/C12H12Cl2N4/c1-2-9(8-6-4-3-5-7-8)15-11-10(13)17-18-12(14)16-11/h3-7,9H,2H2,1H3,(H,15,16,18). The van der Waals surface area contributed by atoms with E-state index in [0.717, 1.165) is 12.0 Å². The molecule has 1 unspecified atom stereocenters. The average molecular weight is 283 g/mol. The Labute approximate surface area is 115 Å². The van der Waals surface area contributed by atoms with Gasteiger partial charge in [0.05, 0.1) is 6.04 Å². The molecule has 2 aromatic rings. The van der Waals surface area contributed by atoms with Gasteiger partial charge in [0.1, 0.15) is 0 Å². The molecule has 1 heterocycles. The molecule has 0 saturated heterocycles. The molecule has 6 heteroatoms. The van der Waals surface area contributed by atoms with Crippen molar-refractivity contribution in [2.24, 2.45) is 0 Å². The highest BCUT2D eigenvalue weighted by Gasteiger charge is 2.13. The summed E-state index contributed by atoms with van der Waals surface area (Å²) in [7, 11) is 0. The first kappa shape index (κ1) is 13.1. The molecule has 0 amide bonds. The smallest absolute Gasteiger partial charge is 0.245 e. The predicted molar refractivity (Wildman–Crippen MR) is 72.9 cm³/mol. The third kappa shape index (κ3) is 3.09. The van der Waals surface area contributed by atoms with Crippen molar-refractivity contribution in [2.75, 3.05) is 5.32 Å². The van der Waals surface area contributed by atoms with Crippen LogP contribution in [-0.4, -0.2) is 15.2 Å². The van der Waals surface area contributed by atoms with E-state index in [2.05, 4.69) is 27.4 Å². The number of halogens is 2. The maximum Gasteiger partial charge on any atom is 0.245 e. The van der Waals surface area contributed by atoms with Crippen molar-refractivity contribution in [1.82, 2.24) is 15.2 Å². The molecule has 2 rings (SSSR count). The van der Waals surface area contributed by atoms with Gasteiger partial charge in [0.15, 0.2) is 11.0 Å². The first-order chi connectivity index (χ1) is 8.70. The lowest BCUT2D eigenvalue weighted by atomic mass is 10.1. The Morgan fingerprint density at radius 2 is 1.89 bits per heavy atom. The van der Waals surface area contributed by atoms with Gasteiger partial charge in [-0.2, -0.15) is 4.98 Å². The molecule has 94 valence electrons. The number of hydrogen-bond donors (Lipinski definition) is 1. The summed E-state index contributed by atoms with van der Waals surface area (Å²) in [5.74, 6) is 0.451. The topological polar surface area (TPSA) is 50.7 Å². The molecule has 1 atom stereocenters. The second-order valence-electron chi connectivity index (χ2n) is 3.74. The second kappa shape index (κ2) is 5.98. The molecule has 0 aliphatic carbocycles. The summed E-state index contributed by atoms with van der Waals surface area (Å²) in [5, 5.41) is 10.8. The van der Waals surface area contributed by atoms with Gasteiger partial charge >= 0.3 is 0 Å². The van der Waals surface area contributed by atoms with Crippen molar-refractivity contribution in [1.29, 1.82) is 0 Å². The van der Waals surface area contributed by atoms with Crippen molar-refractivity contribution in [3.05, 3.63) is 46.3 Å². The van der Waals surface area contributed by atoms with Gasteiger partial charge in [-0.25, -0.2) is 0 Å². The van der Waals surface area contributed by atoms with Crippen LogP contribution >= 0.6 is 23.2 Å². The maximum absolute atomic E-state index is 5.93. The fourth-order valence-electron chi connectivity index (χ4n) is 1.66. The second-order valence-corrected chi connectivity index (χ2v) is 4.43. The van der Waals surface area contributed by atoms with E-state index in [1.165, 1.54) is 0 Å². The Morgan fingerprint density at radius 1 is 1.17 bits per heavy atom. The van der Waals surface area contributed by atoms with Crippen LogP contribution in [0.4, 0.5) is 5.82 Å². The summed E-state index contributed by atoms with van der Waals surface area (Å²) in [4.78, 5) is 4.03. The van der Waals surface area contributed by atoms with Crippen LogP contribution in [0.2, 0.25) is 10.4 Å². The summed E-state index contributed by atoms with van der Waals surface area (Å²) in [6.45, 7) is 2.08. The number of aromatic nitrogens is 3. The van der Waals surface area contributed by atoms with E-state index in [4.69, 9.17) is 23.2 Å². The van der Waals surface area contributed by atoms with Crippen LogP contribution < -0.4 is 5.32 Å². The fourth-order valence-corrected chi connectivity index (χ4v) is 1.91. The lowest BCUT2D eigenvalue weighted by Crippen LogP contribution is -2.12. The van der Waals surface area contributed by atoms with E-state index in [1.54, 1.807) is 0 Å². The largest absolute Gasteiger partial charge is 0.361 e. The van der Waals surface area contributed by atoms with Gasteiger partial charge in [0.25, 0.3) is 0 Å². The molecule has 0 fully saturated rings. The van der Waals surface area contributed by atoms with Gasteiger partial charge in [-0.1, -0.05) is 48.9 Å². The lowest BCUT2D eigenvalue weighted by molar-refractivity contribution is 0.741. The molecule has 0 bridgehead atoms. The highest BCUT2D eigenvalue weighted by Crippen LogP contribution is 2.25. The number of benzene rings is 1. The SMILES string of the molecule is CCC(Nc1nc(Cl)nnc1Cl)c1ccccc1. The molecule has 1 aromatic heterocycles. The van der Waals surface area contributed by atoms with Crippen LogP contribution in [0.5, 0.6) is 0 Å². The van der Waals surface area contributed by atoms with E-state index in [-0.39, 0.29) is 16.5 Å². The average Bonchev–Trinajstić information content (AvgIpc) is 2.41. The summed E-state index contributed by atoms with van der Waals surface area (Å²) in [5.41, 5.74) is 1.16. The van der Waals surface area contributed by atoms with Crippen molar-refractivity contribution in [2.45, 2.75) is 19.4 Å². The first-order valence-corrected chi connectivity index (χ1v) is 6.33. The maximum atomic E-state index is 5.93. The van der Waals surface area contributed by atoms with E-state index < -0.39 is 0 Å². The Bertz CT molecular complexity index is 519. The highest BCUT2D eigenvalue weighted by atomic mass is 35.5. The van der Waals surface area contributed by atoms with Crippen LogP contribution in [-0.2, 0) is 0 Å². The first-order valence-electron chi connectivity index (χ1n) is 5.58. The predicted octanol–water partition coefficient (Wildman–Crippen LogP) is 3.74. The zero-order valence-corrected chi connectivity index (χ0v) is 11.3. The number of nitrogens with one attached hydrogen (secondary N) is 1. The minimum atomic E-state index is 0.0739. The molecule has 0 aliphatic heterocycles. The minimum Gasteiger partial charge on any atom is -0.361 e. The Hall–Kier alpha value is -1.39. The van der Waals surface area contributed by atoms with Crippen molar-refractivity contribution in [3.8, 4) is 0 Å². The highest BCUT2D eigenvalue weighted by molar-refractivity contribution is 6.32. The zero-order chi connectivity index (χ0) is 13.0. The number of anilines is 1. The molecule has 0 aliphatic rings. The van der Waals surface area contributed by atoms with Gasteiger partial charge in [0, 0.05) is 0 Å². The lowest BCUT2D eigenvalue weighted by Gasteiger charge is -2.18. The third-order valence-corrected chi connectivity index (χ3v) is 2.96. The fraction of sp³-hybridized carbons (Fsp3) is 0.250. The zero-order valence-electron chi connectivity index (χ0n) is 9.77. The van der Waals surface area contributed by atoms with Crippen molar-refractivity contribution < 1.29 is 0 Å². The quantitative estimate of drug-likeness (QED) is 0.928. The van der Waals surface area contributed by atoms with Crippen LogP contribution in [0.3, 0.4) is 0 Å². The van der Waals surface area contributed by atoms with Crippen LogP contribution in [0.15, 0.2) is 30.3 Å². The van der Waals surface area contributed by atoms with Crippen LogP contribution in [0.25, 0.3) is 0 Å². The molecule has 0 radical (unpaired) electrons. The molecule has 18 heavy (non-hydrogen) atoms. The molecular weight excluding hydrogens is 271 g/mol. The molecule has 0 spiro atoms. The Balaban J connectivity index is 2.23. The third-order valence-electron chi connectivity index (χ3n) is 2.54. The van der Waals surface area contributed by atoms with Gasteiger partial charge in [-0.15, -0.1) is 10.2 Å². The van der Waals surface area contributed by atoms with Crippen LogP contribution in [0, 0.1) is 0 Å². The summed E-state index contributed by atoms with van der Waals surface area (Å²) >= 11 is 11.6. The van der Waals surface area contributed by atoms with Crippen LogP contribution in [0.1, 0.15) is 24.9 Å². The monoisotopic (exact) mass is 282 g/mol. The summed E-state index contributed by atoms with van der Waals surface area (Å²) < 4.78 is 0. The molecule has 1 N–H and O–H groups in total.